The zero-order valence-corrected chi connectivity index (χ0v) is 27.3. The SMILES string of the molecule is [3H]POCC(C)(CCCC(CCCC(C)(COP)c1ccccc1)([N+]#[C-])S(=O)(=O)c1ccc(C)cc1)c1ccccc1. The maximum Gasteiger partial charge on any atom is 0.333 e. The molecule has 0 aliphatic rings. The summed E-state index contributed by atoms with van der Waals surface area (Å²) in [6, 6.07) is 26.9. The van der Waals surface area contributed by atoms with Crippen molar-refractivity contribution >= 4 is 28.7 Å². The number of aryl methyl sites for hydroxylation is 1. The Labute approximate surface area is 253 Å². The van der Waals surface area contributed by atoms with Crippen LogP contribution in [0.3, 0.4) is 0 Å². The molecule has 5 unspecified atom stereocenters. The van der Waals surface area contributed by atoms with Gasteiger partial charge in [0.05, 0.1) is 19.4 Å². The first kappa shape index (κ1) is 31.8. The van der Waals surface area contributed by atoms with Crippen molar-refractivity contribution in [3.05, 3.63) is 113 Å². The Balaban J connectivity index is 1.91. The number of hydrogen-bond donors (Lipinski definition) is 0. The molecule has 0 aliphatic carbocycles. The molecule has 0 heterocycles. The van der Waals surface area contributed by atoms with Gasteiger partial charge in [-0.1, -0.05) is 92.2 Å². The van der Waals surface area contributed by atoms with Crippen LogP contribution in [0.4, 0.5) is 0 Å². The van der Waals surface area contributed by atoms with Gasteiger partial charge in [-0.05, 0) is 55.9 Å². The lowest BCUT2D eigenvalue weighted by molar-refractivity contribution is 0.235. The maximum atomic E-state index is 14.3. The van der Waals surface area contributed by atoms with E-state index in [0.29, 0.717) is 38.9 Å². The predicted octanol–water partition coefficient (Wildman–Crippen LogP) is 8.25. The van der Waals surface area contributed by atoms with Gasteiger partial charge >= 0.3 is 4.87 Å². The average molecular weight is 614 g/mol. The Bertz CT molecular complexity index is 1400. The van der Waals surface area contributed by atoms with Crippen LogP contribution in [0.1, 0.15) is 69.1 Å². The fraction of sp³-hybridized carbons (Fsp3) is 0.424. The minimum Gasteiger partial charge on any atom is -0.365 e. The molecule has 0 fully saturated rings. The largest absolute Gasteiger partial charge is 0.365 e. The van der Waals surface area contributed by atoms with Gasteiger partial charge in [-0.15, -0.1) is 0 Å². The molecule has 3 rings (SSSR count). The highest BCUT2D eigenvalue weighted by Crippen LogP contribution is 2.41. The first-order valence-electron chi connectivity index (χ1n) is 14.5. The molecule has 3 aromatic carbocycles. The van der Waals surface area contributed by atoms with Gasteiger partial charge in [0.15, 0.2) is 0 Å². The lowest BCUT2D eigenvalue weighted by Crippen LogP contribution is -2.37. The smallest absolute Gasteiger partial charge is 0.333 e. The van der Waals surface area contributed by atoms with Crippen molar-refractivity contribution in [2.45, 2.75) is 79.9 Å². The molecule has 5 atom stereocenters. The summed E-state index contributed by atoms with van der Waals surface area (Å²) in [5.74, 6) is 0. The van der Waals surface area contributed by atoms with Crippen molar-refractivity contribution in [3.8, 4) is 0 Å². The van der Waals surface area contributed by atoms with Crippen LogP contribution < -0.4 is 0 Å². The molecular weight excluding hydrogens is 568 g/mol. The van der Waals surface area contributed by atoms with Gasteiger partial charge in [-0.3, -0.25) is 4.85 Å². The van der Waals surface area contributed by atoms with Crippen LogP contribution in [0.25, 0.3) is 4.85 Å². The minimum absolute atomic E-state index is 0.188. The summed E-state index contributed by atoms with van der Waals surface area (Å²) in [6.45, 7) is 15.3. The number of hydrogen-bond acceptors (Lipinski definition) is 4. The maximum absolute atomic E-state index is 14.3. The van der Waals surface area contributed by atoms with Crippen molar-refractivity contribution in [2.24, 2.45) is 0 Å². The Morgan fingerprint density at radius 1 is 0.780 bits per heavy atom. The zero-order valence-electron chi connectivity index (χ0n) is 25.3. The van der Waals surface area contributed by atoms with Crippen molar-refractivity contribution in [3.63, 3.8) is 0 Å². The normalized spacial score (nSPS) is 16.8. The summed E-state index contributed by atoms with van der Waals surface area (Å²) < 4.78 is 47.1. The molecule has 41 heavy (non-hydrogen) atoms. The molecular formula is C33H43NO4P2S. The molecule has 0 saturated heterocycles. The van der Waals surface area contributed by atoms with Gasteiger partial charge in [-0.2, -0.15) is 0 Å². The van der Waals surface area contributed by atoms with Gasteiger partial charge in [0.25, 0.3) is 9.84 Å². The lowest BCUT2D eigenvalue weighted by Gasteiger charge is -2.32. The highest BCUT2D eigenvalue weighted by molar-refractivity contribution is 7.93. The summed E-state index contributed by atoms with van der Waals surface area (Å²) in [5.41, 5.74) is 2.43. The standard InChI is InChI=1S/C33H43NO4P2S/c1-27-17-19-30(20-18-27)41(35,36)33(34-4,23-11-21-31(2,25-37-39)28-13-7-5-8-14-28)24-12-22-32(3,26-38-40)29-15-9-6-10-16-29/h5-10,13-20H,11-12,21-26,39-40H2,1-3H3/i39T. The minimum atomic E-state index is -3.97. The Morgan fingerprint density at radius 3 is 1.66 bits per heavy atom. The van der Waals surface area contributed by atoms with Crippen LogP contribution in [0.2, 0.25) is 0 Å². The fourth-order valence-electron chi connectivity index (χ4n) is 5.64. The second-order valence-electron chi connectivity index (χ2n) is 11.5. The lowest BCUT2D eigenvalue weighted by atomic mass is 9.77. The summed E-state index contributed by atoms with van der Waals surface area (Å²) in [6.07, 6.45) is 2.80. The summed E-state index contributed by atoms with van der Waals surface area (Å²) in [5, 5.41) is 0. The van der Waals surface area contributed by atoms with Crippen molar-refractivity contribution < 1.29 is 17.5 Å². The molecule has 3 aromatic rings. The van der Waals surface area contributed by atoms with E-state index in [2.05, 4.69) is 40.3 Å². The summed E-state index contributed by atoms with van der Waals surface area (Å²) in [7, 11) is -2.03. The molecule has 0 N–H and O–H groups in total. The van der Waals surface area contributed by atoms with E-state index in [0.717, 1.165) is 16.7 Å². The Hall–Kier alpha value is -2.12. The van der Waals surface area contributed by atoms with Gasteiger partial charge in [0.2, 0.25) is 0 Å². The molecule has 0 spiro atoms. The topological polar surface area (TPSA) is 57.0 Å². The van der Waals surface area contributed by atoms with Crippen LogP contribution in [-0.2, 0) is 29.7 Å². The number of rotatable bonds is 17. The number of sulfone groups is 1. The van der Waals surface area contributed by atoms with E-state index in [-0.39, 0.29) is 32.6 Å². The van der Waals surface area contributed by atoms with E-state index in [1.54, 1.807) is 24.3 Å². The average Bonchev–Trinajstić information content (AvgIpc) is 3.00. The second-order valence-corrected chi connectivity index (χ2v) is 14.4. The summed E-state index contributed by atoms with van der Waals surface area (Å²) >= 11 is 0. The quantitative estimate of drug-likeness (QED) is 0.114. The van der Waals surface area contributed by atoms with Crippen molar-refractivity contribution in [1.82, 2.24) is 0 Å². The van der Waals surface area contributed by atoms with Crippen molar-refractivity contribution in [2.75, 3.05) is 13.2 Å². The molecule has 0 bridgehead atoms. The molecule has 0 amide bonds. The van der Waals surface area contributed by atoms with E-state index < -0.39 is 20.1 Å². The molecule has 0 radical (unpaired) electrons. The predicted molar refractivity (Wildman–Crippen MR) is 174 cm³/mol. The van der Waals surface area contributed by atoms with E-state index >= 15 is 0 Å². The van der Waals surface area contributed by atoms with Gasteiger partial charge in [-0.25, -0.2) is 15.0 Å². The Morgan fingerprint density at radius 2 is 1.24 bits per heavy atom. The van der Waals surface area contributed by atoms with Gasteiger partial charge in [0.1, 0.15) is 0 Å². The highest BCUT2D eigenvalue weighted by atomic mass is 32.2. The van der Waals surface area contributed by atoms with Crippen molar-refractivity contribution in [1.29, 1.82) is 1.28 Å². The molecule has 5 nitrogen and oxygen atoms in total. The van der Waals surface area contributed by atoms with Crippen LogP contribution in [0, 0.1) is 13.5 Å². The second kappa shape index (κ2) is 14.9. The molecule has 0 aromatic heterocycles. The highest BCUT2D eigenvalue weighted by Gasteiger charge is 2.51. The van der Waals surface area contributed by atoms with Crippen LogP contribution >= 0.6 is 18.9 Å². The monoisotopic (exact) mass is 613 g/mol. The van der Waals surface area contributed by atoms with E-state index in [4.69, 9.17) is 16.9 Å². The molecule has 0 aliphatic heterocycles. The fourth-order valence-corrected chi connectivity index (χ4v) is 8.20. The molecule has 8 heteroatoms. The first-order chi connectivity index (χ1) is 20.1. The van der Waals surface area contributed by atoms with Crippen LogP contribution in [0.5, 0.6) is 0 Å². The van der Waals surface area contributed by atoms with E-state index in [1.807, 2.05) is 55.5 Å². The third kappa shape index (κ3) is 8.04. The van der Waals surface area contributed by atoms with E-state index in [9.17, 15) is 8.42 Å². The van der Waals surface area contributed by atoms with Gasteiger partial charge < -0.3 is 9.05 Å². The first-order valence-corrected chi connectivity index (χ1v) is 16.3. The van der Waals surface area contributed by atoms with Crippen LogP contribution in [-0.4, -0.2) is 27.8 Å². The zero-order chi connectivity index (χ0) is 30.7. The number of benzene rings is 3. The third-order valence-corrected chi connectivity index (χ3v) is 11.1. The van der Waals surface area contributed by atoms with Crippen LogP contribution in [0.15, 0.2) is 89.8 Å². The Kier molecular flexibility index (Phi) is 11.5. The third-order valence-electron chi connectivity index (χ3n) is 8.36. The number of nitrogens with zero attached hydrogens (tertiary/aromatic N) is 1. The summed E-state index contributed by atoms with van der Waals surface area (Å²) in [4.78, 5) is 2.54. The van der Waals surface area contributed by atoms with Gasteiger partial charge in [0, 0.05) is 42.6 Å². The van der Waals surface area contributed by atoms with E-state index in [1.165, 1.54) is 0 Å². The molecule has 220 valence electrons. The molecule has 0 saturated carbocycles.